The average molecular weight is 399 g/mol. The lowest BCUT2D eigenvalue weighted by molar-refractivity contribution is 0.0937. The van der Waals surface area contributed by atoms with Crippen LogP contribution in [0.3, 0.4) is 0 Å². The second-order valence-electron chi connectivity index (χ2n) is 6.99. The summed E-state index contributed by atoms with van der Waals surface area (Å²) in [5, 5.41) is 9.37. The number of likely N-dealkylation sites (tertiary alicyclic amines) is 1. The summed E-state index contributed by atoms with van der Waals surface area (Å²) in [7, 11) is 0. The molecule has 1 aliphatic heterocycles. The molecular formula is C21H23FN4OS. The van der Waals surface area contributed by atoms with E-state index in [0.717, 1.165) is 13.1 Å². The number of amides is 1. The molecule has 3 aromatic rings. The van der Waals surface area contributed by atoms with Gasteiger partial charge in [-0.2, -0.15) is 5.10 Å². The first-order valence-corrected chi connectivity index (χ1v) is 10.4. The Hall–Kier alpha value is -2.51. The fourth-order valence-corrected chi connectivity index (χ4v) is 4.59. The van der Waals surface area contributed by atoms with E-state index in [0.29, 0.717) is 23.5 Å². The molecule has 5 nitrogen and oxygen atoms in total. The van der Waals surface area contributed by atoms with Crippen molar-refractivity contribution in [3.05, 3.63) is 69.9 Å². The van der Waals surface area contributed by atoms with E-state index in [2.05, 4.69) is 26.8 Å². The van der Waals surface area contributed by atoms with Crippen LogP contribution >= 0.6 is 11.3 Å². The van der Waals surface area contributed by atoms with Crippen LogP contribution in [0.2, 0.25) is 0 Å². The van der Waals surface area contributed by atoms with Gasteiger partial charge in [-0.1, -0.05) is 18.2 Å². The van der Waals surface area contributed by atoms with Gasteiger partial charge in [0.25, 0.3) is 5.91 Å². The first-order chi connectivity index (χ1) is 13.6. The van der Waals surface area contributed by atoms with E-state index in [1.54, 1.807) is 36.5 Å². The minimum absolute atomic E-state index is 0.180. The normalized spacial score (nSPS) is 15.6. The summed E-state index contributed by atoms with van der Waals surface area (Å²) in [6, 6.07) is 10.8. The third-order valence-electron chi connectivity index (χ3n) is 5.24. The zero-order valence-electron chi connectivity index (χ0n) is 15.8. The van der Waals surface area contributed by atoms with Crippen molar-refractivity contribution in [2.75, 3.05) is 19.6 Å². The number of benzene rings is 1. The zero-order valence-corrected chi connectivity index (χ0v) is 16.6. The summed E-state index contributed by atoms with van der Waals surface area (Å²) in [6.45, 7) is 4.45. The lowest BCUT2D eigenvalue weighted by Crippen LogP contribution is -2.36. The van der Waals surface area contributed by atoms with E-state index >= 15 is 0 Å². The molecule has 1 aliphatic rings. The van der Waals surface area contributed by atoms with Crippen molar-refractivity contribution in [2.45, 2.75) is 25.8 Å². The van der Waals surface area contributed by atoms with E-state index in [1.165, 1.54) is 34.7 Å². The minimum Gasteiger partial charge on any atom is -0.350 e. The third-order valence-corrected chi connectivity index (χ3v) is 6.22. The maximum Gasteiger partial charge on any atom is 0.254 e. The highest BCUT2D eigenvalue weighted by atomic mass is 32.1. The maximum atomic E-state index is 14.1. The van der Waals surface area contributed by atoms with Gasteiger partial charge in [0.2, 0.25) is 0 Å². The van der Waals surface area contributed by atoms with Crippen molar-refractivity contribution in [2.24, 2.45) is 0 Å². The third kappa shape index (κ3) is 3.72. The van der Waals surface area contributed by atoms with E-state index in [1.807, 2.05) is 6.07 Å². The molecule has 1 aromatic carbocycles. The molecule has 0 unspecified atom stereocenters. The number of nitrogens with one attached hydrogen (secondary N) is 1. The Morgan fingerprint density at radius 1 is 1.25 bits per heavy atom. The Morgan fingerprint density at radius 3 is 2.75 bits per heavy atom. The fraction of sp³-hybridized carbons (Fsp3) is 0.333. The Morgan fingerprint density at radius 2 is 2.04 bits per heavy atom. The Labute approximate surface area is 167 Å². The summed E-state index contributed by atoms with van der Waals surface area (Å²) < 4.78 is 15.6. The molecule has 0 radical (unpaired) electrons. The van der Waals surface area contributed by atoms with E-state index in [4.69, 9.17) is 0 Å². The molecule has 1 amide bonds. The minimum atomic E-state index is -0.368. The van der Waals surface area contributed by atoms with Crippen molar-refractivity contribution in [3.63, 3.8) is 0 Å². The lowest BCUT2D eigenvalue weighted by Gasteiger charge is -2.26. The van der Waals surface area contributed by atoms with Gasteiger partial charge >= 0.3 is 0 Å². The predicted octanol–water partition coefficient (Wildman–Crippen LogP) is 3.95. The molecular weight excluding hydrogens is 375 g/mol. The van der Waals surface area contributed by atoms with Crippen LogP contribution in [-0.2, 0) is 0 Å². The highest BCUT2D eigenvalue weighted by Gasteiger charge is 2.25. The Kier molecular flexibility index (Phi) is 5.54. The van der Waals surface area contributed by atoms with Crippen LogP contribution in [0.1, 0.15) is 39.8 Å². The topological polar surface area (TPSA) is 50.2 Å². The monoisotopic (exact) mass is 398 g/mol. The molecule has 7 heteroatoms. The molecule has 1 saturated heterocycles. The van der Waals surface area contributed by atoms with Crippen LogP contribution < -0.4 is 5.32 Å². The molecule has 2 aromatic heterocycles. The van der Waals surface area contributed by atoms with Crippen LogP contribution in [0.25, 0.3) is 5.69 Å². The van der Waals surface area contributed by atoms with Gasteiger partial charge in [-0.05, 0) is 56.4 Å². The number of para-hydroxylation sites is 1. The quantitative estimate of drug-likeness (QED) is 0.684. The first kappa shape index (κ1) is 18.8. The van der Waals surface area contributed by atoms with Gasteiger partial charge < -0.3 is 5.32 Å². The maximum absolute atomic E-state index is 14.1. The van der Waals surface area contributed by atoms with Crippen LogP contribution in [0.15, 0.2) is 48.0 Å². The molecule has 3 heterocycles. The molecule has 1 fully saturated rings. The van der Waals surface area contributed by atoms with Crippen LogP contribution in [-0.4, -0.2) is 40.2 Å². The number of halogens is 1. The largest absolute Gasteiger partial charge is 0.350 e. The van der Waals surface area contributed by atoms with Gasteiger partial charge in [0.1, 0.15) is 11.5 Å². The first-order valence-electron chi connectivity index (χ1n) is 9.50. The lowest BCUT2D eigenvalue weighted by atomic mass is 10.2. The number of carbonyl (C=O) groups is 1. The fourth-order valence-electron chi connectivity index (χ4n) is 3.73. The molecule has 0 spiro atoms. The van der Waals surface area contributed by atoms with Crippen molar-refractivity contribution in [1.82, 2.24) is 20.0 Å². The van der Waals surface area contributed by atoms with Gasteiger partial charge in [0.05, 0.1) is 23.5 Å². The van der Waals surface area contributed by atoms with Gasteiger partial charge in [0.15, 0.2) is 0 Å². The summed E-state index contributed by atoms with van der Waals surface area (Å²) in [4.78, 5) is 16.5. The number of carbonyl (C=O) groups excluding carboxylic acids is 1. The Balaban J connectivity index is 1.50. The average Bonchev–Trinajstić information content (AvgIpc) is 3.45. The van der Waals surface area contributed by atoms with Gasteiger partial charge in [-0.3, -0.25) is 9.69 Å². The van der Waals surface area contributed by atoms with Crippen molar-refractivity contribution in [1.29, 1.82) is 0 Å². The van der Waals surface area contributed by atoms with Gasteiger partial charge in [-0.15, -0.1) is 11.3 Å². The van der Waals surface area contributed by atoms with Crippen molar-refractivity contribution in [3.8, 4) is 5.69 Å². The standard InChI is InChI=1S/C21H23FN4OS/c1-15-16(13-24-26(15)18-8-3-2-7-17(18)22)21(27)23-14-19(20-9-6-12-28-20)25-10-4-5-11-25/h2-3,6-9,12-13,19H,4-5,10-11,14H2,1H3,(H,23,27)/t19-/m0/s1. The molecule has 0 bridgehead atoms. The highest BCUT2D eigenvalue weighted by Crippen LogP contribution is 2.28. The number of hydrogen-bond donors (Lipinski definition) is 1. The number of aromatic nitrogens is 2. The second-order valence-corrected chi connectivity index (χ2v) is 7.97. The van der Waals surface area contributed by atoms with Crippen LogP contribution in [0.5, 0.6) is 0 Å². The number of hydrogen-bond acceptors (Lipinski definition) is 4. The zero-order chi connectivity index (χ0) is 19.5. The Bertz CT molecular complexity index is 947. The van der Waals surface area contributed by atoms with E-state index in [9.17, 15) is 9.18 Å². The number of thiophene rings is 1. The van der Waals surface area contributed by atoms with E-state index in [-0.39, 0.29) is 17.8 Å². The summed E-state index contributed by atoms with van der Waals surface area (Å²) >= 11 is 1.72. The SMILES string of the molecule is Cc1c(C(=O)NC[C@@H](c2cccs2)N2CCCC2)cnn1-c1ccccc1F. The molecule has 4 rings (SSSR count). The van der Waals surface area contributed by atoms with E-state index < -0.39 is 0 Å². The molecule has 1 atom stereocenters. The van der Waals surface area contributed by atoms with Crippen molar-refractivity contribution < 1.29 is 9.18 Å². The predicted molar refractivity (Wildman–Crippen MR) is 108 cm³/mol. The van der Waals surface area contributed by atoms with Crippen LogP contribution in [0, 0.1) is 12.7 Å². The molecule has 0 aliphatic carbocycles. The number of rotatable bonds is 6. The molecule has 146 valence electrons. The van der Waals surface area contributed by atoms with Gasteiger partial charge in [0, 0.05) is 11.4 Å². The summed E-state index contributed by atoms with van der Waals surface area (Å²) in [5.41, 5.74) is 1.43. The second kappa shape index (κ2) is 8.24. The van der Waals surface area contributed by atoms with Crippen LogP contribution in [0.4, 0.5) is 4.39 Å². The smallest absolute Gasteiger partial charge is 0.254 e. The molecule has 28 heavy (non-hydrogen) atoms. The molecule has 1 N–H and O–H groups in total. The summed E-state index contributed by atoms with van der Waals surface area (Å²) in [5.74, 6) is -0.548. The molecule has 0 saturated carbocycles. The summed E-state index contributed by atoms with van der Waals surface area (Å²) in [6.07, 6.45) is 3.90. The number of nitrogens with zero attached hydrogens (tertiary/aromatic N) is 3. The highest BCUT2D eigenvalue weighted by molar-refractivity contribution is 7.10. The van der Waals surface area contributed by atoms with Gasteiger partial charge in [-0.25, -0.2) is 9.07 Å². The van der Waals surface area contributed by atoms with Crippen molar-refractivity contribution >= 4 is 17.2 Å².